The first kappa shape index (κ1) is 15.7. The molecule has 2 aromatic carbocycles. The van der Waals surface area contributed by atoms with Crippen LogP contribution in [-0.4, -0.2) is 25.2 Å². The monoisotopic (exact) mass is 371 g/mol. The molecule has 0 bridgehead atoms. The van der Waals surface area contributed by atoms with Gasteiger partial charge in [-0.2, -0.15) is 11.3 Å². The SMILES string of the molecule is O=c1[nH]c2ccccc2c(-c2ccccc2)c1-n1nnc(-c2ccsc2)n1. The standard InChI is InChI=1S/C20H13N5OS/c26-20-18(25-23-19(22-24-25)14-10-11-27-12-14)17(13-6-2-1-3-7-13)15-8-4-5-9-16(15)21-20/h1-12H,(H,21,26). The second-order valence-corrected chi connectivity index (χ2v) is 6.78. The molecule has 7 heteroatoms. The Morgan fingerprint density at radius 3 is 2.56 bits per heavy atom. The van der Waals surface area contributed by atoms with Gasteiger partial charge in [0.25, 0.3) is 5.56 Å². The van der Waals surface area contributed by atoms with E-state index in [-0.39, 0.29) is 5.56 Å². The number of nitrogens with one attached hydrogen (secondary N) is 1. The number of thiophene rings is 1. The van der Waals surface area contributed by atoms with E-state index in [9.17, 15) is 4.79 Å². The molecule has 0 saturated carbocycles. The smallest absolute Gasteiger partial charge is 0.276 e. The third-order valence-electron chi connectivity index (χ3n) is 4.35. The highest BCUT2D eigenvalue weighted by molar-refractivity contribution is 7.08. The maximum absolute atomic E-state index is 12.9. The largest absolute Gasteiger partial charge is 0.320 e. The summed E-state index contributed by atoms with van der Waals surface area (Å²) in [6.07, 6.45) is 0. The van der Waals surface area contributed by atoms with Gasteiger partial charge in [0.05, 0.1) is 0 Å². The number of nitrogens with zero attached hydrogens (tertiary/aromatic N) is 4. The van der Waals surface area contributed by atoms with Gasteiger partial charge in [-0.05, 0) is 28.3 Å². The van der Waals surface area contributed by atoms with Crippen LogP contribution < -0.4 is 5.56 Å². The van der Waals surface area contributed by atoms with Gasteiger partial charge in [-0.3, -0.25) is 4.79 Å². The molecule has 0 atom stereocenters. The van der Waals surface area contributed by atoms with Crippen molar-refractivity contribution >= 4 is 22.2 Å². The Bertz CT molecular complexity index is 1290. The predicted octanol–water partition coefficient (Wildman–Crippen LogP) is 3.90. The lowest BCUT2D eigenvalue weighted by Crippen LogP contribution is -2.18. The average Bonchev–Trinajstić information content (AvgIpc) is 3.39. The van der Waals surface area contributed by atoms with Gasteiger partial charge < -0.3 is 4.98 Å². The number of rotatable bonds is 3. The molecule has 5 aromatic rings. The zero-order chi connectivity index (χ0) is 18.2. The van der Waals surface area contributed by atoms with Gasteiger partial charge >= 0.3 is 0 Å². The molecule has 0 saturated heterocycles. The fourth-order valence-electron chi connectivity index (χ4n) is 3.14. The van der Waals surface area contributed by atoms with Crippen LogP contribution in [0.4, 0.5) is 0 Å². The Kier molecular flexibility index (Phi) is 3.65. The summed E-state index contributed by atoms with van der Waals surface area (Å²) in [7, 11) is 0. The second kappa shape index (κ2) is 6.30. The fourth-order valence-corrected chi connectivity index (χ4v) is 3.77. The van der Waals surface area contributed by atoms with Crippen LogP contribution in [0.15, 0.2) is 76.2 Å². The Morgan fingerprint density at radius 1 is 0.926 bits per heavy atom. The van der Waals surface area contributed by atoms with E-state index in [1.54, 1.807) is 11.3 Å². The number of benzene rings is 2. The van der Waals surface area contributed by atoms with Gasteiger partial charge in [0, 0.05) is 27.4 Å². The number of aromatic amines is 1. The molecule has 0 aliphatic heterocycles. The van der Waals surface area contributed by atoms with Crippen LogP contribution >= 0.6 is 11.3 Å². The van der Waals surface area contributed by atoms with Gasteiger partial charge in [0.1, 0.15) is 0 Å². The number of aromatic nitrogens is 5. The number of tetrazole rings is 1. The minimum Gasteiger partial charge on any atom is -0.320 e. The molecule has 0 aliphatic rings. The van der Waals surface area contributed by atoms with Crippen molar-refractivity contribution < 1.29 is 0 Å². The zero-order valence-corrected chi connectivity index (χ0v) is 14.9. The minimum atomic E-state index is -0.262. The van der Waals surface area contributed by atoms with Gasteiger partial charge in [-0.15, -0.1) is 15.0 Å². The summed E-state index contributed by atoms with van der Waals surface area (Å²) >= 11 is 1.56. The summed E-state index contributed by atoms with van der Waals surface area (Å²) in [5.41, 5.74) is 3.44. The van der Waals surface area contributed by atoms with E-state index >= 15 is 0 Å². The Hall–Kier alpha value is -3.58. The first-order valence-electron chi connectivity index (χ1n) is 8.35. The molecule has 0 unspecified atom stereocenters. The van der Waals surface area contributed by atoms with Crippen molar-refractivity contribution in [3.8, 4) is 28.2 Å². The molecule has 5 rings (SSSR count). The lowest BCUT2D eigenvalue weighted by Gasteiger charge is -2.11. The summed E-state index contributed by atoms with van der Waals surface area (Å²) in [5.74, 6) is 0.489. The highest BCUT2D eigenvalue weighted by Crippen LogP contribution is 2.31. The van der Waals surface area contributed by atoms with Crippen LogP contribution in [-0.2, 0) is 0 Å². The highest BCUT2D eigenvalue weighted by Gasteiger charge is 2.19. The summed E-state index contributed by atoms with van der Waals surface area (Å²) in [6, 6.07) is 19.4. The van der Waals surface area contributed by atoms with Crippen LogP contribution in [0.5, 0.6) is 0 Å². The summed E-state index contributed by atoms with van der Waals surface area (Å²) in [5, 5.41) is 17.6. The number of fused-ring (bicyclic) bond motifs is 1. The minimum absolute atomic E-state index is 0.262. The Morgan fingerprint density at radius 2 is 1.74 bits per heavy atom. The number of hydrogen-bond donors (Lipinski definition) is 1. The van der Waals surface area contributed by atoms with Crippen molar-refractivity contribution in [2.24, 2.45) is 0 Å². The van der Waals surface area contributed by atoms with Crippen molar-refractivity contribution in [2.75, 3.05) is 0 Å². The van der Waals surface area contributed by atoms with Crippen LogP contribution in [0.1, 0.15) is 0 Å². The number of H-pyrrole nitrogens is 1. The topological polar surface area (TPSA) is 76.5 Å². The van der Waals surface area contributed by atoms with Crippen molar-refractivity contribution in [3.05, 3.63) is 81.8 Å². The maximum atomic E-state index is 12.9. The molecule has 0 aliphatic carbocycles. The third-order valence-corrected chi connectivity index (χ3v) is 5.04. The molecule has 130 valence electrons. The molecule has 6 nitrogen and oxygen atoms in total. The van der Waals surface area contributed by atoms with E-state index < -0.39 is 0 Å². The van der Waals surface area contributed by atoms with Crippen LogP contribution in [0.3, 0.4) is 0 Å². The number of para-hydroxylation sites is 1. The molecule has 1 N–H and O–H groups in total. The van der Waals surface area contributed by atoms with E-state index in [0.717, 1.165) is 27.6 Å². The van der Waals surface area contributed by atoms with E-state index in [1.807, 2.05) is 71.4 Å². The van der Waals surface area contributed by atoms with Gasteiger partial charge in [-0.25, -0.2) is 0 Å². The molecule has 0 amide bonds. The lowest BCUT2D eigenvalue weighted by molar-refractivity contribution is 0.714. The summed E-state index contributed by atoms with van der Waals surface area (Å²) in [6.45, 7) is 0. The quantitative estimate of drug-likeness (QED) is 0.522. The molecular weight excluding hydrogens is 358 g/mol. The van der Waals surface area contributed by atoms with Gasteiger partial charge in [-0.1, -0.05) is 48.5 Å². The van der Waals surface area contributed by atoms with Gasteiger partial charge in [0.15, 0.2) is 5.69 Å². The molecule has 0 fully saturated rings. The molecule has 0 radical (unpaired) electrons. The molecule has 3 aromatic heterocycles. The number of pyridine rings is 1. The average molecular weight is 371 g/mol. The Balaban J connectivity index is 1.82. The first-order chi connectivity index (χ1) is 13.3. The molecule has 3 heterocycles. The van der Waals surface area contributed by atoms with Crippen molar-refractivity contribution in [2.45, 2.75) is 0 Å². The van der Waals surface area contributed by atoms with Crippen molar-refractivity contribution in [3.63, 3.8) is 0 Å². The first-order valence-corrected chi connectivity index (χ1v) is 9.29. The predicted molar refractivity (Wildman–Crippen MR) is 106 cm³/mol. The van der Waals surface area contributed by atoms with Crippen LogP contribution in [0, 0.1) is 0 Å². The zero-order valence-electron chi connectivity index (χ0n) is 14.0. The number of hydrogen-bond acceptors (Lipinski definition) is 5. The third kappa shape index (κ3) is 2.65. The molecule has 27 heavy (non-hydrogen) atoms. The molecule has 0 spiro atoms. The van der Waals surface area contributed by atoms with Crippen LogP contribution in [0.2, 0.25) is 0 Å². The second-order valence-electron chi connectivity index (χ2n) is 6.00. The van der Waals surface area contributed by atoms with Crippen molar-refractivity contribution in [1.29, 1.82) is 0 Å². The van der Waals surface area contributed by atoms with E-state index in [0.29, 0.717) is 11.5 Å². The highest BCUT2D eigenvalue weighted by atomic mass is 32.1. The molecular formula is C20H13N5OS. The summed E-state index contributed by atoms with van der Waals surface area (Å²) in [4.78, 5) is 17.2. The maximum Gasteiger partial charge on any atom is 0.276 e. The van der Waals surface area contributed by atoms with Gasteiger partial charge in [0.2, 0.25) is 5.82 Å². The summed E-state index contributed by atoms with van der Waals surface area (Å²) < 4.78 is 0. The van der Waals surface area contributed by atoms with Crippen LogP contribution in [0.25, 0.3) is 39.1 Å². The normalized spacial score (nSPS) is 11.1. The van der Waals surface area contributed by atoms with E-state index in [4.69, 9.17) is 0 Å². The van der Waals surface area contributed by atoms with Crippen molar-refractivity contribution in [1.82, 2.24) is 25.2 Å². The fraction of sp³-hybridized carbons (Fsp3) is 0. The van der Waals surface area contributed by atoms with E-state index in [1.165, 1.54) is 4.80 Å². The Labute approximate surface area is 157 Å². The lowest BCUT2D eigenvalue weighted by atomic mass is 9.99. The van der Waals surface area contributed by atoms with E-state index in [2.05, 4.69) is 20.4 Å².